The van der Waals surface area contributed by atoms with Crippen molar-refractivity contribution in [3.63, 3.8) is 0 Å². The van der Waals surface area contributed by atoms with Gasteiger partial charge in [-0.2, -0.15) is 16.9 Å². The molecule has 1 aromatic carbocycles. The van der Waals surface area contributed by atoms with Crippen LogP contribution in [0.25, 0.3) is 17.2 Å². The van der Waals surface area contributed by atoms with Crippen LogP contribution in [0.2, 0.25) is 0 Å². The number of aryl methyl sites for hydroxylation is 1. The van der Waals surface area contributed by atoms with Gasteiger partial charge in [-0.1, -0.05) is 44.2 Å². The van der Waals surface area contributed by atoms with E-state index in [1.54, 1.807) is 38.0 Å². The molecule has 1 aliphatic rings. The Morgan fingerprint density at radius 3 is 2.59 bits per heavy atom. The molecule has 44 heavy (non-hydrogen) atoms. The highest BCUT2D eigenvalue weighted by Gasteiger charge is 2.31. The molecular formula is C30H38N10O3S. The summed E-state index contributed by atoms with van der Waals surface area (Å²) < 4.78 is 3.35. The Kier molecular flexibility index (Phi) is 9.88. The van der Waals surface area contributed by atoms with E-state index in [9.17, 15) is 14.4 Å². The molecule has 3 aromatic heterocycles. The van der Waals surface area contributed by atoms with Crippen LogP contribution in [-0.4, -0.2) is 88.1 Å². The highest BCUT2D eigenvalue weighted by atomic mass is 32.2. The third-order valence-corrected chi connectivity index (χ3v) is 8.19. The fourth-order valence-corrected chi connectivity index (χ4v) is 5.61. The van der Waals surface area contributed by atoms with Gasteiger partial charge in [0.1, 0.15) is 6.04 Å². The third kappa shape index (κ3) is 7.07. The average molecular weight is 619 g/mol. The predicted octanol–water partition coefficient (Wildman–Crippen LogP) is 2.68. The molecule has 4 heterocycles. The molecule has 2 N–H and O–H groups in total. The first kappa shape index (κ1) is 31.1. The zero-order valence-corrected chi connectivity index (χ0v) is 26.3. The van der Waals surface area contributed by atoms with E-state index >= 15 is 0 Å². The molecule has 0 aliphatic carbocycles. The molecule has 4 aromatic rings. The van der Waals surface area contributed by atoms with Gasteiger partial charge >= 0.3 is 0 Å². The van der Waals surface area contributed by atoms with E-state index < -0.39 is 12.1 Å². The van der Waals surface area contributed by atoms with Crippen LogP contribution in [0, 0.1) is 12.8 Å². The van der Waals surface area contributed by atoms with Crippen LogP contribution in [-0.2, 0) is 16.1 Å². The van der Waals surface area contributed by atoms with Crippen LogP contribution in [0.4, 0.5) is 0 Å². The van der Waals surface area contributed by atoms with Crippen molar-refractivity contribution in [1.29, 1.82) is 0 Å². The SMILES string of the molecule is CSCC[C@@H]1NC(=O)CCCN(C(=O)c2nnc3nc(C)ccn23)CCn2nc(-c3ccccc3)nc2[C@@H](C(C)C)NC1=O. The predicted molar refractivity (Wildman–Crippen MR) is 167 cm³/mol. The van der Waals surface area contributed by atoms with E-state index in [2.05, 4.69) is 25.8 Å². The van der Waals surface area contributed by atoms with Crippen molar-refractivity contribution in [2.45, 2.75) is 58.7 Å². The highest BCUT2D eigenvalue weighted by molar-refractivity contribution is 7.98. The molecule has 0 radical (unpaired) electrons. The Bertz CT molecular complexity index is 1620. The van der Waals surface area contributed by atoms with Crippen LogP contribution >= 0.6 is 11.8 Å². The first-order valence-corrected chi connectivity index (χ1v) is 16.2. The fourth-order valence-electron chi connectivity index (χ4n) is 5.13. The summed E-state index contributed by atoms with van der Waals surface area (Å²) in [5.74, 6) is 1.45. The molecule has 0 unspecified atom stereocenters. The van der Waals surface area contributed by atoms with E-state index in [0.29, 0.717) is 49.1 Å². The second-order valence-corrected chi connectivity index (χ2v) is 12.2. The van der Waals surface area contributed by atoms with Crippen molar-refractivity contribution < 1.29 is 14.4 Å². The second kappa shape index (κ2) is 14.0. The summed E-state index contributed by atoms with van der Waals surface area (Å²) in [6, 6.07) is 10.3. The number of thioether (sulfide) groups is 1. The molecule has 0 saturated carbocycles. The molecule has 0 bridgehead atoms. The molecule has 5 rings (SSSR count). The standard InChI is InChI=1S/C30H38N10O3S/c1-19(2)24-26-34-25(21-9-6-5-7-10-21)37-40(26)17-16-38(29(43)27-35-36-30-31-20(3)12-15-39(27)30)14-8-11-23(41)32-22(13-18-44-4)28(42)33-24/h5-7,9-10,12,15,19,22,24H,8,11,13-14,16-18H2,1-4H3,(H,32,41)(H,33,42)/t22-,24+/m0/s1. The smallest absolute Gasteiger partial charge is 0.292 e. The van der Waals surface area contributed by atoms with Crippen molar-refractivity contribution in [2.75, 3.05) is 25.1 Å². The molecule has 0 fully saturated rings. The normalized spacial score (nSPS) is 18.5. The Morgan fingerprint density at radius 2 is 1.84 bits per heavy atom. The maximum Gasteiger partial charge on any atom is 0.292 e. The lowest BCUT2D eigenvalue weighted by Gasteiger charge is -2.27. The second-order valence-electron chi connectivity index (χ2n) is 11.2. The van der Waals surface area contributed by atoms with E-state index in [1.165, 1.54) is 0 Å². The number of aromatic nitrogens is 7. The van der Waals surface area contributed by atoms with Crippen molar-refractivity contribution in [1.82, 2.24) is 49.9 Å². The van der Waals surface area contributed by atoms with Gasteiger partial charge < -0.3 is 15.5 Å². The van der Waals surface area contributed by atoms with Gasteiger partial charge in [-0.05, 0) is 43.8 Å². The van der Waals surface area contributed by atoms with Crippen molar-refractivity contribution in [2.24, 2.45) is 5.92 Å². The number of rotatable bonds is 6. The quantitative estimate of drug-likeness (QED) is 0.332. The lowest BCUT2D eigenvalue weighted by atomic mass is 10.0. The molecule has 0 spiro atoms. The number of carbonyl (C=O) groups excluding carboxylic acids is 3. The Balaban J connectivity index is 1.53. The number of hydrogen-bond donors (Lipinski definition) is 2. The molecule has 1 aliphatic heterocycles. The summed E-state index contributed by atoms with van der Waals surface area (Å²) in [4.78, 5) is 51.4. The lowest BCUT2D eigenvalue weighted by molar-refractivity contribution is -0.129. The van der Waals surface area contributed by atoms with Gasteiger partial charge in [-0.25, -0.2) is 14.6 Å². The summed E-state index contributed by atoms with van der Waals surface area (Å²) in [6.45, 7) is 6.75. The van der Waals surface area contributed by atoms with Crippen molar-refractivity contribution in [3.05, 3.63) is 59.9 Å². The topological polar surface area (TPSA) is 152 Å². The zero-order chi connectivity index (χ0) is 31.2. The molecule has 232 valence electrons. The summed E-state index contributed by atoms with van der Waals surface area (Å²) in [7, 11) is 0. The van der Waals surface area contributed by atoms with Crippen LogP contribution in [0.1, 0.15) is 61.3 Å². The molecule has 13 nitrogen and oxygen atoms in total. The fraction of sp³-hybridized carbons (Fsp3) is 0.467. The Hall–Kier alpha value is -4.33. The third-order valence-electron chi connectivity index (χ3n) is 7.55. The summed E-state index contributed by atoms with van der Waals surface area (Å²) in [5.41, 5.74) is 1.61. The molecule has 3 amide bonds. The van der Waals surface area contributed by atoms with Crippen LogP contribution < -0.4 is 10.6 Å². The maximum atomic E-state index is 13.9. The number of carbonyl (C=O) groups is 3. The van der Waals surface area contributed by atoms with Crippen molar-refractivity contribution in [3.8, 4) is 11.4 Å². The molecule has 14 heteroatoms. The molecule has 0 saturated heterocycles. The van der Waals surface area contributed by atoms with Crippen LogP contribution in [0.15, 0.2) is 42.6 Å². The van der Waals surface area contributed by atoms with Gasteiger partial charge in [0.25, 0.3) is 11.7 Å². The lowest BCUT2D eigenvalue weighted by Crippen LogP contribution is -2.49. The van der Waals surface area contributed by atoms with Crippen LogP contribution in [0.5, 0.6) is 0 Å². The first-order chi connectivity index (χ1) is 21.2. The number of fused-ring (bicyclic) bond motifs is 2. The van der Waals surface area contributed by atoms with E-state index in [-0.39, 0.29) is 42.4 Å². The van der Waals surface area contributed by atoms with E-state index in [0.717, 1.165) is 11.3 Å². The number of nitrogens with one attached hydrogen (secondary N) is 2. The first-order valence-electron chi connectivity index (χ1n) is 14.8. The van der Waals surface area contributed by atoms with E-state index in [1.807, 2.05) is 57.4 Å². The van der Waals surface area contributed by atoms with E-state index in [4.69, 9.17) is 10.1 Å². The zero-order valence-electron chi connectivity index (χ0n) is 25.4. The molecular weight excluding hydrogens is 580 g/mol. The minimum absolute atomic E-state index is 0.0358. The van der Waals surface area contributed by atoms with Gasteiger partial charge in [0.05, 0.1) is 12.6 Å². The number of benzene rings is 1. The van der Waals surface area contributed by atoms with Crippen molar-refractivity contribution >= 4 is 35.3 Å². The summed E-state index contributed by atoms with van der Waals surface area (Å²) >= 11 is 1.61. The number of amides is 3. The van der Waals surface area contributed by atoms with Gasteiger partial charge in [0.15, 0.2) is 11.6 Å². The average Bonchev–Trinajstić information content (AvgIpc) is 3.63. The largest absolute Gasteiger partial charge is 0.344 e. The minimum Gasteiger partial charge on any atom is -0.344 e. The highest BCUT2D eigenvalue weighted by Crippen LogP contribution is 2.25. The maximum absolute atomic E-state index is 13.9. The minimum atomic E-state index is -0.694. The van der Waals surface area contributed by atoms with Gasteiger partial charge in [-0.3, -0.25) is 18.8 Å². The molecule has 2 atom stereocenters. The van der Waals surface area contributed by atoms with Gasteiger partial charge in [-0.15, -0.1) is 10.2 Å². The Labute approximate surface area is 260 Å². The summed E-state index contributed by atoms with van der Waals surface area (Å²) in [5, 5.41) is 19.2. The van der Waals surface area contributed by atoms with Crippen LogP contribution in [0.3, 0.4) is 0 Å². The summed E-state index contributed by atoms with van der Waals surface area (Å²) in [6.07, 6.45) is 4.75. The Morgan fingerprint density at radius 1 is 1.05 bits per heavy atom. The monoisotopic (exact) mass is 618 g/mol. The van der Waals surface area contributed by atoms with Gasteiger partial charge in [0, 0.05) is 37.0 Å². The van der Waals surface area contributed by atoms with Gasteiger partial charge in [0.2, 0.25) is 17.6 Å². The number of nitrogens with zero attached hydrogens (tertiary/aromatic N) is 8. The number of hydrogen-bond acceptors (Lipinski definition) is 9.